The van der Waals surface area contributed by atoms with Gasteiger partial charge in [0.1, 0.15) is 5.75 Å². The number of nitrogens with zero attached hydrogens (tertiary/aromatic N) is 3. The highest BCUT2D eigenvalue weighted by atomic mass is 16.5. The first-order chi connectivity index (χ1) is 9.31. The van der Waals surface area contributed by atoms with Crippen molar-refractivity contribution in [3.8, 4) is 5.75 Å². The molecule has 0 unspecified atom stereocenters. The quantitative estimate of drug-likeness (QED) is 0.819. The highest BCUT2D eigenvalue weighted by Gasteiger charge is 2.06. The van der Waals surface area contributed by atoms with Gasteiger partial charge in [0.15, 0.2) is 12.4 Å². The fraction of sp³-hybridized carbons (Fsp3) is 0.462. The normalized spacial score (nSPS) is 10.6. The van der Waals surface area contributed by atoms with Crippen LogP contribution in [0.2, 0.25) is 0 Å². The Hall–Kier alpha value is -1.95. The summed E-state index contributed by atoms with van der Waals surface area (Å²) >= 11 is 0. The van der Waals surface area contributed by atoms with E-state index in [-0.39, 0.29) is 6.61 Å². The largest absolute Gasteiger partial charge is 0.482 e. The number of hydrogen-bond donors (Lipinski definition) is 1. The average Bonchev–Trinajstić information content (AvgIpc) is 2.87. The molecular formula is C13H18N4O2. The van der Waals surface area contributed by atoms with Gasteiger partial charge in [0.25, 0.3) is 5.89 Å². The summed E-state index contributed by atoms with van der Waals surface area (Å²) in [6, 6.07) is 3.80. The lowest BCUT2D eigenvalue weighted by atomic mass is 10.3. The van der Waals surface area contributed by atoms with E-state index in [0.29, 0.717) is 11.6 Å². The summed E-state index contributed by atoms with van der Waals surface area (Å²) in [4.78, 5) is 8.49. The lowest BCUT2D eigenvalue weighted by molar-refractivity contribution is 0.241. The second-order valence-corrected chi connectivity index (χ2v) is 4.16. The smallest absolute Gasteiger partial charge is 0.264 e. The molecule has 0 aliphatic carbocycles. The van der Waals surface area contributed by atoms with Gasteiger partial charge in [0.05, 0.1) is 11.9 Å². The van der Waals surface area contributed by atoms with Crippen LogP contribution in [0.5, 0.6) is 5.75 Å². The van der Waals surface area contributed by atoms with Crippen LogP contribution < -0.4 is 10.1 Å². The maximum atomic E-state index is 5.54. The molecule has 0 fully saturated rings. The Morgan fingerprint density at radius 3 is 2.95 bits per heavy atom. The van der Waals surface area contributed by atoms with Crippen LogP contribution in [0.1, 0.15) is 30.8 Å². The van der Waals surface area contributed by atoms with Crippen molar-refractivity contribution in [3.05, 3.63) is 35.7 Å². The van der Waals surface area contributed by atoms with Crippen LogP contribution in [0.25, 0.3) is 0 Å². The zero-order valence-corrected chi connectivity index (χ0v) is 11.2. The molecule has 0 saturated carbocycles. The monoisotopic (exact) mass is 262 g/mol. The van der Waals surface area contributed by atoms with Crippen molar-refractivity contribution in [2.45, 2.75) is 32.9 Å². The van der Waals surface area contributed by atoms with E-state index >= 15 is 0 Å². The number of pyridine rings is 1. The standard InChI is InChI=1S/C13H18N4O2/c1-3-4-12-16-13(19-17-12)9-18-11-6-5-10(7-14-2)15-8-11/h5-6,8,14H,3-4,7,9H2,1-2H3. The summed E-state index contributed by atoms with van der Waals surface area (Å²) in [5.74, 6) is 1.90. The van der Waals surface area contributed by atoms with Crippen molar-refractivity contribution in [2.24, 2.45) is 0 Å². The number of hydrogen-bond acceptors (Lipinski definition) is 6. The first kappa shape index (κ1) is 13.5. The summed E-state index contributed by atoms with van der Waals surface area (Å²) in [6.45, 7) is 3.08. The Kier molecular flexibility index (Phi) is 4.85. The molecule has 2 rings (SSSR count). The molecular weight excluding hydrogens is 244 g/mol. The Morgan fingerprint density at radius 2 is 2.26 bits per heavy atom. The van der Waals surface area contributed by atoms with Crippen LogP contribution >= 0.6 is 0 Å². The van der Waals surface area contributed by atoms with Gasteiger partial charge in [-0.25, -0.2) is 0 Å². The van der Waals surface area contributed by atoms with Crippen LogP contribution in [0, 0.1) is 0 Å². The number of aryl methyl sites for hydroxylation is 1. The van der Waals surface area contributed by atoms with Crippen LogP contribution in [0.4, 0.5) is 0 Å². The Morgan fingerprint density at radius 1 is 1.37 bits per heavy atom. The minimum absolute atomic E-state index is 0.268. The van der Waals surface area contributed by atoms with Crippen LogP contribution in [0.3, 0.4) is 0 Å². The van der Waals surface area contributed by atoms with E-state index < -0.39 is 0 Å². The predicted molar refractivity (Wildman–Crippen MR) is 69.6 cm³/mol. The fourth-order valence-electron chi connectivity index (χ4n) is 1.60. The molecule has 102 valence electrons. The van der Waals surface area contributed by atoms with Gasteiger partial charge in [-0.2, -0.15) is 4.98 Å². The Bertz CT molecular complexity index is 496. The number of nitrogens with one attached hydrogen (secondary N) is 1. The van der Waals surface area contributed by atoms with E-state index in [2.05, 4.69) is 27.4 Å². The maximum absolute atomic E-state index is 5.54. The van der Waals surface area contributed by atoms with Crippen LogP contribution in [-0.2, 0) is 19.6 Å². The third-order valence-electron chi connectivity index (χ3n) is 2.50. The second kappa shape index (κ2) is 6.84. The summed E-state index contributed by atoms with van der Waals surface area (Å²) in [7, 11) is 1.88. The van der Waals surface area contributed by atoms with Crippen molar-refractivity contribution >= 4 is 0 Å². The van der Waals surface area contributed by atoms with Crippen molar-refractivity contribution in [2.75, 3.05) is 7.05 Å². The molecule has 0 bridgehead atoms. The minimum atomic E-state index is 0.268. The Labute approximate surface area is 112 Å². The van der Waals surface area contributed by atoms with Gasteiger partial charge in [-0.05, 0) is 25.6 Å². The average molecular weight is 262 g/mol. The zero-order chi connectivity index (χ0) is 13.5. The molecule has 0 atom stereocenters. The van der Waals surface area contributed by atoms with Crippen molar-refractivity contribution < 1.29 is 9.26 Å². The van der Waals surface area contributed by atoms with E-state index in [1.807, 2.05) is 19.2 Å². The molecule has 0 saturated heterocycles. The SMILES string of the molecule is CCCc1noc(COc2ccc(CNC)nc2)n1. The van der Waals surface area contributed by atoms with Crippen LogP contribution in [-0.4, -0.2) is 22.2 Å². The summed E-state index contributed by atoms with van der Waals surface area (Å²) in [5.41, 5.74) is 0.970. The van der Waals surface area contributed by atoms with Gasteiger partial charge in [-0.3, -0.25) is 4.98 Å². The molecule has 0 radical (unpaired) electrons. The van der Waals surface area contributed by atoms with Gasteiger partial charge in [0, 0.05) is 13.0 Å². The van der Waals surface area contributed by atoms with Gasteiger partial charge >= 0.3 is 0 Å². The lowest BCUT2D eigenvalue weighted by Crippen LogP contribution is -2.06. The van der Waals surface area contributed by atoms with E-state index in [9.17, 15) is 0 Å². The van der Waals surface area contributed by atoms with Gasteiger partial charge in [-0.15, -0.1) is 0 Å². The maximum Gasteiger partial charge on any atom is 0.264 e. The minimum Gasteiger partial charge on any atom is -0.482 e. The molecule has 2 heterocycles. The summed E-state index contributed by atoms with van der Waals surface area (Å²) in [6.07, 6.45) is 3.51. The van der Waals surface area contributed by atoms with Gasteiger partial charge in [0.2, 0.25) is 0 Å². The van der Waals surface area contributed by atoms with Crippen LogP contribution in [0.15, 0.2) is 22.9 Å². The lowest BCUT2D eigenvalue weighted by Gasteiger charge is -2.03. The number of rotatable bonds is 7. The molecule has 0 amide bonds. The first-order valence-corrected chi connectivity index (χ1v) is 6.35. The first-order valence-electron chi connectivity index (χ1n) is 6.35. The topological polar surface area (TPSA) is 73.1 Å². The molecule has 0 aliphatic rings. The molecule has 0 aromatic carbocycles. The zero-order valence-electron chi connectivity index (χ0n) is 11.2. The third kappa shape index (κ3) is 4.03. The van der Waals surface area contributed by atoms with E-state index in [0.717, 1.165) is 30.9 Å². The number of aromatic nitrogens is 3. The van der Waals surface area contributed by atoms with E-state index in [1.54, 1.807) is 6.20 Å². The van der Waals surface area contributed by atoms with Crippen molar-refractivity contribution in [1.29, 1.82) is 0 Å². The predicted octanol–water partition coefficient (Wildman–Crippen LogP) is 1.72. The molecule has 2 aromatic heterocycles. The molecule has 6 nitrogen and oxygen atoms in total. The molecule has 1 N–H and O–H groups in total. The summed E-state index contributed by atoms with van der Waals surface area (Å²) in [5, 5.41) is 6.91. The molecule has 19 heavy (non-hydrogen) atoms. The molecule has 6 heteroatoms. The second-order valence-electron chi connectivity index (χ2n) is 4.16. The van der Waals surface area contributed by atoms with E-state index in [4.69, 9.17) is 9.26 Å². The molecule has 0 spiro atoms. The highest BCUT2D eigenvalue weighted by molar-refractivity contribution is 5.19. The highest BCUT2D eigenvalue weighted by Crippen LogP contribution is 2.11. The molecule has 2 aromatic rings. The van der Waals surface area contributed by atoms with Crippen molar-refractivity contribution in [1.82, 2.24) is 20.4 Å². The summed E-state index contributed by atoms with van der Waals surface area (Å²) < 4.78 is 10.6. The number of ether oxygens (including phenoxy) is 1. The van der Waals surface area contributed by atoms with E-state index in [1.165, 1.54) is 0 Å². The third-order valence-corrected chi connectivity index (χ3v) is 2.50. The van der Waals surface area contributed by atoms with Gasteiger partial charge in [-0.1, -0.05) is 12.1 Å². The Balaban J connectivity index is 1.86. The fourth-order valence-corrected chi connectivity index (χ4v) is 1.60. The molecule has 0 aliphatic heterocycles. The van der Waals surface area contributed by atoms with Gasteiger partial charge < -0.3 is 14.6 Å². The van der Waals surface area contributed by atoms with Crippen molar-refractivity contribution in [3.63, 3.8) is 0 Å².